The topological polar surface area (TPSA) is 79.4 Å². The Labute approximate surface area is 117 Å². The molecule has 0 amide bonds. The summed E-state index contributed by atoms with van der Waals surface area (Å²) in [5, 5.41) is 20.0. The van der Waals surface area contributed by atoms with Gasteiger partial charge in [-0.15, -0.1) is 0 Å². The van der Waals surface area contributed by atoms with Gasteiger partial charge in [-0.05, 0) is 24.6 Å². The second-order valence-electron chi connectivity index (χ2n) is 4.47. The van der Waals surface area contributed by atoms with Crippen molar-refractivity contribution in [2.45, 2.75) is 20.0 Å². The Hall–Kier alpha value is -2.21. The molecule has 0 saturated carbocycles. The van der Waals surface area contributed by atoms with Gasteiger partial charge in [-0.25, -0.2) is 0 Å². The summed E-state index contributed by atoms with van der Waals surface area (Å²) in [5.41, 5.74) is 3.15. The van der Waals surface area contributed by atoms with Crippen LogP contribution in [0.25, 0.3) is 0 Å². The standard InChI is InChI=1S/C14H19N3O3/c1-9-11(8-16-17-9)7-15-6-10-4-12(19-2)14(18)13(5-10)20-3/h4-5,8,15,18H,6-7H2,1-3H3,(H,16,17). The number of benzene rings is 1. The van der Waals surface area contributed by atoms with Gasteiger partial charge in [0.05, 0.1) is 20.4 Å². The van der Waals surface area contributed by atoms with Crippen LogP contribution in [0.5, 0.6) is 17.2 Å². The summed E-state index contributed by atoms with van der Waals surface area (Å²) in [6.45, 7) is 3.34. The van der Waals surface area contributed by atoms with Gasteiger partial charge in [0.15, 0.2) is 11.5 Å². The van der Waals surface area contributed by atoms with E-state index in [0.717, 1.165) is 16.8 Å². The summed E-state index contributed by atoms with van der Waals surface area (Å²) in [7, 11) is 3.03. The molecule has 0 fully saturated rings. The summed E-state index contributed by atoms with van der Waals surface area (Å²) in [6.07, 6.45) is 1.81. The smallest absolute Gasteiger partial charge is 0.200 e. The third-order valence-corrected chi connectivity index (χ3v) is 3.12. The summed E-state index contributed by atoms with van der Waals surface area (Å²) in [6, 6.07) is 3.57. The van der Waals surface area contributed by atoms with Crippen molar-refractivity contribution < 1.29 is 14.6 Å². The van der Waals surface area contributed by atoms with E-state index in [1.807, 2.05) is 6.92 Å². The molecule has 6 nitrogen and oxygen atoms in total. The molecule has 0 spiro atoms. The molecule has 0 aliphatic rings. The minimum atomic E-state index is 0.0180. The molecule has 1 heterocycles. The van der Waals surface area contributed by atoms with Gasteiger partial charge in [0.2, 0.25) is 5.75 Å². The number of aromatic amines is 1. The molecule has 6 heteroatoms. The van der Waals surface area contributed by atoms with Gasteiger partial charge in [0.1, 0.15) is 0 Å². The van der Waals surface area contributed by atoms with Gasteiger partial charge in [-0.1, -0.05) is 0 Å². The lowest BCUT2D eigenvalue weighted by atomic mass is 10.1. The van der Waals surface area contributed by atoms with Crippen molar-refractivity contribution in [3.8, 4) is 17.2 Å². The first kappa shape index (κ1) is 14.2. The normalized spacial score (nSPS) is 10.6. The van der Waals surface area contributed by atoms with Gasteiger partial charge >= 0.3 is 0 Å². The summed E-state index contributed by atoms with van der Waals surface area (Å²) in [5.74, 6) is 0.825. The Morgan fingerprint density at radius 3 is 2.35 bits per heavy atom. The molecule has 20 heavy (non-hydrogen) atoms. The molecule has 108 valence electrons. The Morgan fingerprint density at radius 2 is 1.85 bits per heavy atom. The second-order valence-corrected chi connectivity index (χ2v) is 4.47. The van der Waals surface area contributed by atoms with Gasteiger partial charge < -0.3 is 19.9 Å². The molecule has 0 unspecified atom stereocenters. The van der Waals surface area contributed by atoms with Crippen LogP contribution in [0.4, 0.5) is 0 Å². The maximum atomic E-state index is 9.84. The number of H-pyrrole nitrogens is 1. The van der Waals surface area contributed by atoms with E-state index in [1.54, 1.807) is 18.3 Å². The highest BCUT2D eigenvalue weighted by Crippen LogP contribution is 2.36. The number of phenolic OH excluding ortho intramolecular Hbond substituents is 1. The number of rotatable bonds is 6. The van der Waals surface area contributed by atoms with Crippen molar-refractivity contribution in [3.05, 3.63) is 35.2 Å². The van der Waals surface area contributed by atoms with E-state index >= 15 is 0 Å². The lowest BCUT2D eigenvalue weighted by Gasteiger charge is -2.11. The largest absolute Gasteiger partial charge is 0.502 e. The molecule has 0 bridgehead atoms. The average Bonchev–Trinajstić information content (AvgIpc) is 2.86. The van der Waals surface area contributed by atoms with Crippen molar-refractivity contribution in [1.82, 2.24) is 15.5 Å². The molecular weight excluding hydrogens is 258 g/mol. The van der Waals surface area contributed by atoms with Crippen molar-refractivity contribution in [2.75, 3.05) is 14.2 Å². The van der Waals surface area contributed by atoms with Gasteiger partial charge in [-0.2, -0.15) is 5.10 Å². The second kappa shape index (κ2) is 6.29. The van der Waals surface area contributed by atoms with Crippen molar-refractivity contribution in [1.29, 1.82) is 0 Å². The third kappa shape index (κ3) is 3.03. The molecule has 2 rings (SSSR count). The van der Waals surface area contributed by atoms with Crippen molar-refractivity contribution in [2.24, 2.45) is 0 Å². The van der Waals surface area contributed by atoms with E-state index in [4.69, 9.17) is 9.47 Å². The number of aromatic nitrogens is 2. The number of methoxy groups -OCH3 is 2. The van der Waals surface area contributed by atoms with Crippen molar-refractivity contribution in [3.63, 3.8) is 0 Å². The zero-order chi connectivity index (χ0) is 14.5. The molecule has 0 radical (unpaired) electrons. The Kier molecular flexibility index (Phi) is 4.47. The Balaban J connectivity index is 2.04. The van der Waals surface area contributed by atoms with Crippen LogP contribution in [-0.2, 0) is 13.1 Å². The quantitative estimate of drug-likeness (QED) is 0.749. The van der Waals surface area contributed by atoms with Crippen LogP contribution in [0, 0.1) is 6.92 Å². The number of nitrogens with one attached hydrogen (secondary N) is 2. The van der Waals surface area contributed by atoms with E-state index in [-0.39, 0.29) is 5.75 Å². The summed E-state index contributed by atoms with van der Waals surface area (Å²) >= 11 is 0. The third-order valence-electron chi connectivity index (χ3n) is 3.12. The zero-order valence-corrected chi connectivity index (χ0v) is 11.9. The molecular formula is C14H19N3O3. The fraction of sp³-hybridized carbons (Fsp3) is 0.357. The summed E-state index contributed by atoms with van der Waals surface area (Å²) in [4.78, 5) is 0. The Morgan fingerprint density at radius 1 is 1.20 bits per heavy atom. The fourth-order valence-electron chi connectivity index (χ4n) is 1.95. The molecule has 0 aliphatic carbocycles. The SMILES string of the molecule is COc1cc(CNCc2cn[nH]c2C)cc(OC)c1O. The highest BCUT2D eigenvalue weighted by Gasteiger charge is 2.11. The number of hydrogen-bond donors (Lipinski definition) is 3. The molecule has 0 atom stereocenters. The van der Waals surface area contributed by atoms with Crippen LogP contribution >= 0.6 is 0 Å². The number of nitrogens with zero attached hydrogens (tertiary/aromatic N) is 1. The molecule has 0 aliphatic heterocycles. The fourth-order valence-corrected chi connectivity index (χ4v) is 1.95. The van der Waals surface area contributed by atoms with Crippen LogP contribution in [0.1, 0.15) is 16.8 Å². The van der Waals surface area contributed by atoms with E-state index in [2.05, 4.69) is 15.5 Å². The molecule has 1 aromatic heterocycles. The molecule has 0 saturated heterocycles. The Bertz CT molecular complexity index is 556. The lowest BCUT2D eigenvalue weighted by molar-refractivity contribution is 0.339. The summed E-state index contributed by atoms with van der Waals surface area (Å²) < 4.78 is 10.3. The molecule has 2 aromatic rings. The monoisotopic (exact) mass is 277 g/mol. The van der Waals surface area contributed by atoms with E-state index in [1.165, 1.54) is 14.2 Å². The van der Waals surface area contributed by atoms with E-state index in [9.17, 15) is 5.11 Å². The van der Waals surface area contributed by atoms with Crippen LogP contribution in [0.15, 0.2) is 18.3 Å². The van der Waals surface area contributed by atoms with Crippen molar-refractivity contribution >= 4 is 0 Å². The van der Waals surface area contributed by atoms with Crippen LogP contribution in [0.2, 0.25) is 0 Å². The number of hydrogen-bond acceptors (Lipinski definition) is 5. The highest BCUT2D eigenvalue weighted by molar-refractivity contribution is 5.52. The molecule has 3 N–H and O–H groups in total. The first-order valence-corrected chi connectivity index (χ1v) is 6.29. The number of aryl methyl sites for hydroxylation is 1. The maximum Gasteiger partial charge on any atom is 0.200 e. The minimum absolute atomic E-state index is 0.0180. The van der Waals surface area contributed by atoms with E-state index < -0.39 is 0 Å². The van der Waals surface area contributed by atoms with Gasteiger partial charge in [0, 0.05) is 24.3 Å². The van der Waals surface area contributed by atoms with E-state index in [0.29, 0.717) is 24.6 Å². The lowest BCUT2D eigenvalue weighted by Crippen LogP contribution is -2.13. The predicted octanol–water partition coefficient (Wildman–Crippen LogP) is 1.73. The number of aromatic hydroxyl groups is 1. The first-order valence-electron chi connectivity index (χ1n) is 6.29. The average molecular weight is 277 g/mol. The van der Waals surface area contributed by atoms with Crippen LogP contribution < -0.4 is 14.8 Å². The highest BCUT2D eigenvalue weighted by atomic mass is 16.5. The minimum Gasteiger partial charge on any atom is -0.502 e. The number of ether oxygens (including phenoxy) is 2. The predicted molar refractivity (Wildman–Crippen MR) is 75.1 cm³/mol. The number of phenols is 1. The van der Waals surface area contributed by atoms with Gasteiger partial charge in [0.25, 0.3) is 0 Å². The van der Waals surface area contributed by atoms with Crippen LogP contribution in [-0.4, -0.2) is 29.5 Å². The first-order chi connectivity index (χ1) is 9.65. The zero-order valence-electron chi connectivity index (χ0n) is 11.9. The van der Waals surface area contributed by atoms with Gasteiger partial charge in [-0.3, -0.25) is 5.10 Å². The molecule has 1 aromatic carbocycles. The maximum absolute atomic E-state index is 9.84. The van der Waals surface area contributed by atoms with Crippen LogP contribution in [0.3, 0.4) is 0 Å².